The van der Waals surface area contributed by atoms with E-state index in [2.05, 4.69) is 31.4 Å². The number of hydrogen-bond acceptors (Lipinski definition) is 3. The molecule has 0 aromatic heterocycles. The minimum absolute atomic E-state index is 0.0919. The smallest absolute Gasteiger partial charge is 0.339 e. The van der Waals surface area contributed by atoms with Crippen molar-refractivity contribution >= 4 is 17.7 Å². The fraction of sp³-hybridized carbons (Fsp3) is 0.467. The molecule has 1 aromatic rings. The highest BCUT2D eigenvalue weighted by Crippen LogP contribution is 2.24. The molecular weight excluding hydrogens is 272 g/mol. The number of rotatable bonds is 4. The zero-order valence-electron chi connectivity index (χ0n) is 12.7. The molecule has 0 radical (unpaired) electrons. The van der Waals surface area contributed by atoms with Crippen molar-refractivity contribution in [2.75, 3.05) is 11.9 Å². The quantitative estimate of drug-likeness (QED) is 0.686. The van der Waals surface area contributed by atoms with E-state index in [0.717, 1.165) is 0 Å². The Balaban J connectivity index is 2.60. The van der Waals surface area contributed by atoms with Crippen molar-refractivity contribution in [3.05, 3.63) is 23.8 Å². The first-order valence-corrected chi connectivity index (χ1v) is 6.72. The van der Waals surface area contributed by atoms with Crippen LogP contribution in [-0.4, -0.2) is 28.8 Å². The molecule has 2 amide bonds. The molecule has 0 heterocycles. The van der Waals surface area contributed by atoms with E-state index in [-0.39, 0.29) is 16.7 Å². The predicted octanol–water partition coefficient (Wildman–Crippen LogP) is 2.89. The summed E-state index contributed by atoms with van der Waals surface area (Å²) in [4.78, 5) is 22.5. The van der Waals surface area contributed by atoms with E-state index in [9.17, 15) is 14.7 Å². The van der Waals surface area contributed by atoms with Crippen molar-refractivity contribution in [3.8, 4) is 5.75 Å². The van der Waals surface area contributed by atoms with E-state index in [4.69, 9.17) is 5.11 Å². The summed E-state index contributed by atoms with van der Waals surface area (Å²) in [5.41, 5.74) is 0.218. The van der Waals surface area contributed by atoms with Gasteiger partial charge in [-0.3, -0.25) is 0 Å². The Morgan fingerprint density at radius 1 is 1.29 bits per heavy atom. The molecule has 4 N–H and O–H groups in total. The van der Waals surface area contributed by atoms with Crippen LogP contribution in [0.4, 0.5) is 10.5 Å². The number of urea groups is 1. The molecule has 1 unspecified atom stereocenters. The van der Waals surface area contributed by atoms with Gasteiger partial charge in [-0.1, -0.05) is 27.7 Å². The van der Waals surface area contributed by atoms with Gasteiger partial charge in [0, 0.05) is 18.3 Å². The monoisotopic (exact) mass is 294 g/mol. The van der Waals surface area contributed by atoms with Crippen LogP contribution in [-0.2, 0) is 0 Å². The van der Waals surface area contributed by atoms with Crippen LogP contribution in [0.3, 0.4) is 0 Å². The van der Waals surface area contributed by atoms with E-state index < -0.39 is 12.0 Å². The Hall–Kier alpha value is -2.24. The van der Waals surface area contributed by atoms with E-state index in [0.29, 0.717) is 18.2 Å². The second-order valence-electron chi connectivity index (χ2n) is 6.14. The lowest BCUT2D eigenvalue weighted by Crippen LogP contribution is -2.36. The molecule has 0 saturated heterocycles. The summed E-state index contributed by atoms with van der Waals surface area (Å²) in [6.07, 6.45) is 0. The number of nitrogens with one attached hydrogen (secondary N) is 2. The first-order chi connectivity index (χ1) is 9.61. The normalized spacial score (nSPS) is 12.6. The third kappa shape index (κ3) is 4.98. The minimum Gasteiger partial charge on any atom is -0.507 e. The number of carboxylic acids is 1. The summed E-state index contributed by atoms with van der Waals surface area (Å²) >= 11 is 0. The summed E-state index contributed by atoms with van der Waals surface area (Å²) in [6.45, 7) is 8.86. The lowest BCUT2D eigenvalue weighted by Gasteiger charge is -2.27. The maximum absolute atomic E-state index is 11.8. The fourth-order valence-electron chi connectivity index (χ4n) is 1.52. The Kier molecular flexibility index (Phi) is 5.18. The number of phenols is 1. The first-order valence-electron chi connectivity index (χ1n) is 6.72. The summed E-state index contributed by atoms with van der Waals surface area (Å²) in [5, 5.41) is 23.6. The Bertz CT molecular complexity index is 535. The molecule has 6 heteroatoms. The van der Waals surface area contributed by atoms with Crippen molar-refractivity contribution in [3.63, 3.8) is 0 Å². The van der Waals surface area contributed by atoms with Crippen LogP contribution < -0.4 is 10.6 Å². The number of benzene rings is 1. The zero-order valence-corrected chi connectivity index (χ0v) is 12.7. The molecule has 0 spiro atoms. The molecule has 0 saturated carbocycles. The van der Waals surface area contributed by atoms with Crippen LogP contribution in [0.15, 0.2) is 18.2 Å². The molecule has 21 heavy (non-hydrogen) atoms. The molecule has 0 aliphatic heterocycles. The Morgan fingerprint density at radius 2 is 1.90 bits per heavy atom. The topological polar surface area (TPSA) is 98.7 Å². The lowest BCUT2D eigenvalue weighted by atomic mass is 9.82. The summed E-state index contributed by atoms with van der Waals surface area (Å²) in [6, 6.07) is 3.48. The van der Waals surface area contributed by atoms with Gasteiger partial charge in [-0.15, -0.1) is 0 Å². The van der Waals surface area contributed by atoms with Crippen LogP contribution in [0.2, 0.25) is 0 Å². The second-order valence-corrected chi connectivity index (χ2v) is 6.14. The number of aromatic carboxylic acids is 1. The van der Waals surface area contributed by atoms with E-state index in [1.165, 1.54) is 18.2 Å². The van der Waals surface area contributed by atoms with E-state index in [1.807, 2.05) is 6.92 Å². The van der Waals surface area contributed by atoms with Gasteiger partial charge in [0.15, 0.2) is 0 Å². The maximum atomic E-state index is 11.8. The molecule has 0 fully saturated rings. The average Bonchev–Trinajstić information content (AvgIpc) is 2.34. The van der Waals surface area contributed by atoms with E-state index >= 15 is 0 Å². The van der Waals surface area contributed by atoms with Crippen molar-refractivity contribution in [1.82, 2.24) is 5.32 Å². The standard InChI is InChI=1S/C15H22N2O4/c1-9(15(2,3)4)8-16-14(21)17-10-5-6-11(13(19)20)12(18)7-10/h5-7,9,18H,8H2,1-4H3,(H,19,20)(H2,16,17,21). The number of anilines is 1. The highest BCUT2D eigenvalue weighted by Gasteiger charge is 2.20. The van der Waals surface area contributed by atoms with Crippen LogP contribution in [0.5, 0.6) is 5.75 Å². The molecule has 0 aliphatic carbocycles. The highest BCUT2D eigenvalue weighted by atomic mass is 16.4. The molecule has 1 rings (SSSR count). The SMILES string of the molecule is CC(CNC(=O)Nc1ccc(C(=O)O)c(O)c1)C(C)(C)C. The van der Waals surface area contributed by atoms with Crippen LogP contribution >= 0.6 is 0 Å². The van der Waals surface area contributed by atoms with E-state index in [1.54, 1.807) is 0 Å². The summed E-state index contributed by atoms with van der Waals surface area (Å²) in [5.74, 6) is -1.31. The molecule has 0 aliphatic rings. The van der Waals surface area contributed by atoms with Gasteiger partial charge in [0.25, 0.3) is 0 Å². The van der Waals surface area contributed by atoms with Crippen molar-refractivity contribution in [2.24, 2.45) is 11.3 Å². The summed E-state index contributed by atoms with van der Waals surface area (Å²) < 4.78 is 0. The van der Waals surface area contributed by atoms with Gasteiger partial charge in [-0.05, 0) is 23.5 Å². The van der Waals surface area contributed by atoms with Crippen LogP contribution in [0, 0.1) is 11.3 Å². The fourth-order valence-corrected chi connectivity index (χ4v) is 1.52. The predicted molar refractivity (Wildman–Crippen MR) is 80.7 cm³/mol. The first kappa shape index (κ1) is 16.8. The number of hydrogen-bond donors (Lipinski definition) is 4. The molecule has 116 valence electrons. The van der Waals surface area contributed by atoms with Gasteiger partial charge in [0.05, 0.1) is 0 Å². The number of carboxylic acid groups (broad SMARTS) is 1. The third-order valence-corrected chi connectivity index (χ3v) is 3.53. The number of amides is 2. The van der Waals surface area contributed by atoms with Gasteiger partial charge in [0.2, 0.25) is 0 Å². The van der Waals surface area contributed by atoms with Gasteiger partial charge >= 0.3 is 12.0 Å². The van der Waals surface area contributed by atoms with Gasteiger partial charge < -0.3 is 20.8 Å². The largest absolute Gasteiger partial charge is 0.507 e. The zero-order chi connectivity index (χ0) is 16.2. The molecule has 0 bridgehead atoms. The number of aromatic hydroxyl groups is 1. The van der Waals surface area contributed by atoms with Crippen molar-refractivity contribution < 1.29 is 19.8 Å². The second kappa shape index (κ2) is 6.47. The molecular formula is C15H22N2O4. The van der Waals surface area contributed by atoms with Gasteiger partial charge in [0.1, 0.15) is 11.3 Å². The molecule has 1 aromatic carbocycles. The lowest BCUT2D eigenvalue weighted by molar-refractivity contribution is 0.0694. The average molecular weight is 294 g/mol. The highest BCUT2D eigenvalue weighted by molar-refractivity contribution is 5.93. The number of carbonyl (C=O) groups excluding carboxylic acids is 1. The summed E-state index contributed by atoms with van der Waals surface area (Å²) in [7, 11) is 0. The third-order valence-electron chi connectivity index (χ3n) is 3.53. The molecule has 6 nitrogen and oxygen atoms in total. The van der Waals surface area contributed by atoms with Crippen LogP contribution in [0.25, 0.3) is 0 Å². The van der Waals surface area contributed by atoms with Crippen molar-refractivity contribution in [2.45, 2.75) is 27.7 Å². The maximum Gasteiger partial charge on any atom is 0.339 e. The Labute approximate surface area is 124 Å². The molecule has 1 atom stereocenters. The Morgan fingerprint density at radius 3 is 2.38 bits per heavy atom. The minimum atomic E-state index is -1.22. The van der Waals surface area contributed by atoms with Crippen molar-refractivity contribution in [1.29, 1.82) is 0 Å². The number of carbonyl (C=O) groups is 2. The van der Waals surface area contributed by atoms with Gasteiger partial charge in [-0.2, -0.15) is 0 Å². The van der Waals surface area contributed by atoms with Gasteiger partial charge in [-0.25, -0.2) is 9.59 Å². The van der Waals surface area contributed by atoms with Crippen LogP contribution in [0.1, 0.15) is 38.1 Å².